The van der Waals surface area contributed by atoms with Crippen molar-refractivity contribution in [3.63, 3.8) is 0 Å². The third kappa shape index (κ3) is 2.73. The maximum Gasteiger partial charge on any atom is 0.251 e. The van der Waals surface area contributed by atoms with Crippen molar-refractivity contribution in [2.75, 3.05) is 0 Å². The van der Waals surface area contributed by atoms with E-state index in [-0.39, 0.29) is 5.91 Å². The maximum absolute atomic E-state index is 11.9. The highest BCUT2D eigenvalue weighted by atomic mass is 32.1. The van der Waals surface area contributed by atoms with Crippen LogP contribution in [-0.4, -0.2) is 10.9 Å². The molecule has 2 rings (SSSR count). The molecule has 0 radical (unpaired) electrons. The largest absolute Gasteiger partial charge is 0.347 e. The van der Waals surface area contributed by atoms with E-state index in [1.165, 1.54) is 11.3 Å². The highest BCUT2D eigenvalue weighted by Gasteiger charge is 2.07. The maximum atomic E-state index is 11.9. The highest BCUT2D eigenvalue weighted by Crippen LogP contribution is 2.12. The van der Waals surface area contributed by atoms with Gasteiger partial charge in [0.2, 0.25) is 0 Å². The summed E-state index contributed by atoms with van der Waals surface area (Å²) >= 11 is 1.52. The van der Waals surface area contributed by atoms with Gasteiger partial charge >= 0.3 is 0 Å². The normalized spacial score (nSPS) is 9.78. The number of aromatic nitrogens is 1. The van der Waals surface area contributed by atoms with Crippen molar-refractivity contribution in [1.29, 1.82) is 5.26 Å². The Morgan fingerprint density at radius 2 is 2.39 bits per heavy atom. The van der Waals surface area contributed by atoms with Crippen LogP contribution >= 0.6 is 11.3 Å². The molecular weight excluding hydrogens is 246 g/mol. The van der Waals surface area contributed by atoms with Crippen LogP contribution in [0.5, 0.6) is 0 Å². The number of hydrogen-bond donors (Lipinski definition) is 1. The molecule has 4 nitrogen and oxygen atoms in total. The summed E-state index contributed by atoms with van der Waals surface area (Å²) in [5, 5.41) is 11.6. The molecule has 5 heteroatoms. The van der Waals surface area contributed by atoms with Gasteiger partial charge in [0.05, 0.1) is 29.4 Å². The van der Waals surface area contributed by atoms with Gasteiger partial charge in [-0.05, 0) is 25.1 Å². The lowest BCUT2D eigenvalue weighted by Crippen LogP contribution is -2.22. The number of thiazole rings is 1. The number of amides is 1. The molecule has 90 valence electrons. The standard InChI is InChI=1S/C13H11N3OS/c1-9-12(18-8-16-9)7-15-13(17)11-4-2-3-10(5-11)6-14/h2-5,8H,7H2,1H3,(H,15,17). The van der Waals surface area contributed by atoms with Crippen LogP contribution in [0.1, 0.15) is 26.5 Å². The van der Waals surface area contributed by atoms with Gasteiger partial charge in [0.25, 0.3) is 5.91 Å². The molecular formula is C13H11N3OS. The number of nitrogens with one attached hydrogen (secondary N) is 1. The first-order valence-corrected chi connectivity index (χ1v) is 6.26. The van der Waals surface area contributed by atoms with Crippen LogP contribution in [-0.2, 0) is 6.54 Å². The molecule has 1 aromatic carbocycles. The molecule has 1 aromatic heterocycles. The van der Waals surface area contributed by atoms with Crippen LogP contribution in [0.2, 0.25) is 0 Å². The minimum atomic E-state index is -0.181. The first-order valence-electron chi connectivity index (χ1n) is 5.38. The predicted molar refractivity (Wildman–Crippen MR) is 69.2 cm³/mol. The van der Waals surface area contributed by atoms with Crippen molar-refractivity contribution in [2.45, 2.75) is 13.5 Å². The summed E-state index contributed by atoms with van der Waals surface area (Å²) in [4.78, 5) is 17.0. The van der Waals surface area contributed by atoms with E-state index in [2.05, 4.69) is 10.3 Å². The average Bonchev–Trinajstić information content (AvgIpc) is 2.81. The van der Waals surface area contributed by atoms with Gasteiger partial charge in [-0.2, -0.15) is 5.26 Å². The summed E-state index contributed by atoms with van der Waals surface area (Å²) in [5.41, 5.74) is 3.67. The number of benzene rings is 1. The lowest BCUT2D eigenvalue weighted by atomic mass is 10.1. The second kappa shape index (κ2) is 5.43. The van der Waals surface area contributed by atoms with E-state index in [0.717, 1.165) is 10.6 Å². The van der Waals surface area contributed by atoms with Gasteiger partial charge in [-0.15, -0.1) is 11.3 Å². The Bertz CT molecular complexity index is 613. The Kier molecular flexibility index (Phi) is 3.70. The third-order valence-electron chi connectivity index (χ3n) is 2.51. The predicted octanol–water partition coefficient (Wildman–Crippen LogP) is 2.25. The van der Waals surface area contributed by atoms with E-state index >= 15 is 0 Å². The molecule has 0 bridgehead atoms. The highest BCUT2D eigenvalue weighted by molar-refractivity contribution is 7.09. The number of carbonyl (C=O) groups excluding carboxylic acids is 1. The molecule has 1 amide bonds. The summed E-state index contributed by atoms with van der Waals surface area (Å²) in [6.07, 6.45) is 0. The van der Waals surface area contributed by atoms with Crippen LogP contribution in [0.15, 0.2) is 29.8 Å². The summed E-state index contributed by atoms with van der Waals surface area (Å²) in [5.74, 6) is -0.181. The monoisotopic (exact) mass is 257 g/mol. The molecule has 0 saturated carbocycles. The summed E-state index contributed by atoms with van der Waals surface area (Å²) in [7, 11) is 0. The fourth-order valence-corrected chi connectivity index (χ4v) is 2.21. The Morgan fingerprint density at radius 3 is 3.06 bits per heavy atom. The number of nitrogens with zero attached hydrogens (tertiary/aromatic N) is 2. The summed E-state index contributed by atoms with van der Waals surface area (Å²) in [6.45, 7) is 2.38. The van der Waals surface area contributed by atoms with Gasteiger partial charge in [0, 0.05) is 10.4 Å². The van der Waals surface area contributed by atoms with Crippen LogP contribution in [0.4, 0.5) is 0 Å². The van der Waals surface area contributed by atoms with E-state index in [4.69, 9.17) is 5.26 Å². The fraction of sp³-hybridized carbons (Fsp3) is 0.154. The SMILES string of the molecule is Cc1ncsc1CNC(=O)c1cccc(C#N)c1. The molecule has 0 atom stereocenters. The fourth-order valence-electron chi connectivity index (χ4n) is 1.49. The van der Waals surface area contributed by atoms with Crippen LogP contribution in [0.25, 0.3) is 0 Å². The van der Waals surface area contributed by atoms with Crippen molar-refractivity contribution in [1.82, 2.24) is 10.3 Å². The summed E-state index contributed by atoms with van der Waals surface area (Å²) < 4.78 is 0. The zero-order valence-corrected chi connectivity index (χ0v) is 10.6. The molecule has 2 aromatic rings. The van der Waals surface area contributed by atoms with Crippen LogP contribution in [0, 0.1) is 18.3 Å². The topological polar surface area (TPSA) is 65.8 Å². The lowest BCUT2D eigenvalue weighted by Gasteiger charge is -2.04. The van der Waals surface area contributed by atoms with Crippen LogP contribution < -0.4 is 5.32 Å². The van der Waals surface area contributed by atoms with Crippen molar-refractivity contribution in [3.8, 4) is 6.07 Å². The van der Waals surface area contributed by atoms with E-state index in [1.54, 1.807) is 29.8 Å². The van der Waals surface area contributed by atoms with Gasteiger partial charge < -0.3 is 5.32 Å². The molecule has 0 aliphatic rings. The van der Waals surface area contributed by atoms with E-state index < -0.39 is 0 Å². The minimum absolute atomic E-state index is 0.181. The quantitative estimate of drug-likeness (QED) is 0.917. The number of hydrogen-bond acceptors (Lipinski definition) is 4. The second-order valence-electron chi connectivity index (χ2n) is 3.74. The second-order valence-corrected chi connectivity index (χ2v) is 4.68. The Labute approximate surface area is 109 Å². The van der Waals surface area contributed by atoms with E-state index in [1.807, 2.05) is 13.0 Å². The molecule has 0 spiro atoms. The zero-order chi connectivity index (χ0) is 13.0. The molecule has 0 aliphatic heterocycles. The Hall–Kier alpha value is -2.19. The van der Waals surface area contributed by atoms with Crippen LogP contribution in [0.3, 0.4) is 0 Å². The zero-order valence-electron chi connectivity index (χ0n) is 9.80. The molecule has 0 saturated heterocycles. The lowest BCUT2D eigenvalue weighted by molar-refractivity contribution is 0.0951. The number of rotatable bonds is 3. The van der Waals surface area contributed by atoms with Crippen molar-refractivity contribution >= 4 is 17.2 Å². The first kappa shape index (κ1) is 12.3. The van der Waals surface area contributed by atoms with Gasteiger partial charge in [0.1, 0.15) is 0 Å². The van der Waals surface area contributed by atoms with E-state index in [0.29, 0.717) is 17.7 Å². The van der Waals surface area contributed by atoms with Crippen molar-refractivity contribution < 1.29 is 4.79 Å². The smallest absolute Gasteiger partial charge is 0.251 e. The molecule has 1 heterocycles. The Morgan fingerprint density at radius 1 is 1.56 bits per heavy atom. The molecule has 18 heavy (non-hydrogen) atoms. The van der Waals surface area contributed by atoms with E-state index in [9.17, 15) is 4.79 Å². The molecule has 0 fully saturated rings. The van der Waals surface area contributed by atoms with Crippen molar-refractivity contribution in [2.24, 2.45) is 0 Å². The average molecular weight is 257 g/mol. The minimum Gasteiger partial charge on any atom is -0.347 e. The number of aryl methyl sites for hydroxylation is 1. The van der Waals surface area contributed by atoms with Gasteiger partial charge in [-0.1, -0.05) is 6.07 Å². The third-order valence-corrected chi connectivity index (χ3v) is 3.44. The van der Waals surface area contributed by atoms with Gasteiger partial charge in [-0.3, -0.25) is 4.79 Å². The molecule has 1 N–H and O–H groups in total. The van der Waals surface area contributed by atoms with Gasteiger partial charge in [0.15, 0.2) is 0 Å². The first-order chi connectivity index (χ1) is 8.70. The Balaban J connectivity index is 2.04. The summed E-state index contributed by atoms with van der Waals surface area (Å²) in [6, 6.07) is 8.65. The number of nitriles is 1. The number of carbonyl (C=O) groups is 1. The molecule has 0 aliphatic carbocycles. The molecule has 0 unspecified atom stereocenters. The van der Waals surface area contributed by atoms with Gasteiger partial charge in [-0.25, -0.2) is 4.98 Å². The van der Waals surface area contributed by atoms with Crippen molar-refractivity contribution in [3.05, 3.63) is 51.5 Å².